The number of nitrogens with two attached hydrogens (primary N) is 2. The summed E-state index contributed by atoms with van der Waals surface area (Å²) in [5.41, 5.74) is 13.3. The van der Waals surface area contributed by atoms with Gasteiger partial charge in [-0.2, -0.15) is 0 Å². The molecule has 34 heavy (non-hydrogen) atoms. The lowest BCUT2D eigenvalue weighted by molar-refractivity contribution is -0.142. The molecular weight excluding hydrogens is 456 g/mol. The second-order valence-electron chi connectivity index (χ2n) is 8.24. The van der Waals surface area contributed by atoms with E-state index in [1.165, 1.54) is 0 Å². The average molecular weight is 491 g/mol. The predicted molar refractivity (Wildman–Crippen MR) is 136 cm³/mol. The molecule has 1 saturated carbocycles. The highest BCUT2D eigenvalue weighted by Gasteiger charge is 2.29. The second-order valence-corrected chi connectivity index (χ2v) is 8.24. The SMILES string of the molecule is CNC(=O)c1ccc(N)cc1.Cl.NCC1CCC(C(=O)N[C@@H](Cc2ccccc2)C(=O)O)CC1. The van der Waals surface area contributed by atoms with Gasteiger partial charge in [-0.15, -0.1) is 12.4 Å². The molecular formula is C25H35ClN4O4. The molecule has 0 saturated heterocycles. The van der Waals surface area contributed by atoms with Gasteiger partial charge in [0.05, 0.1) is 0 Å². The molecule has 0 aromatic heterocycles. The zero-order valence-electron chi connectivity index (χ0n) is 19.4. The number of hydrogen-bond acceptors (Lipinski definition) is 5. The third-order valence-corrected chi connectivity index (χ3v) is 5.85. The van der Waals surface area contributed by atoms with Gasteiger partial charge < -0.3 is 27.2 Å². The van der Waals surface area contributed by atoms with Gasteiger partial charge >= 0.3 is 5.97 Å². The Balaban J connectivity index is 0.000000407. The van der Waals surface area contributed by atoms with E-state index in [9.17, 15) is 19.5 Å². The van der Waals surface area contributed by atoms with Gasteiger partial charge in [-0.3, -0.25) is 9.59 Å². The second kappa shape index (κ2) is 14.9. The van der Waals surface area contributed by atoms with E-state index in [1.54, 1.807) is 31.3 Å². The van der Waals surface area contributed by atoms with E-state index in [0.29, 0.717) is 30.1 Å². The summed E-state index contributed by atoms with van der Waals surface area (Å²) in [6.45, 7) is 0.667. The van der Waals surface area contributed by atoms with E-state index in [0.717, 1.165) is 31.2 Å². The minimum atomic E-state index is -0.993. The summed E-state index contributed by atoms with van der Waals surface area (Å²) in [6, 6.07) is 15.3. The monoisotopic (exact) mass is 490 g/mol. The van der Waals surface area contributed by atoms with E-state index in [4.69, 9.17) is 11.5 Å². The van der Waals surface area contributed by atoms with Crippen molar-refractivity contribution in [2.45, 2.75) is 38.1 Å². The van der Waals surface area contributed by atoms with E-state index in [1.807, 2.05) is 30.3 Å². The minimum Gasteiger partial charge on any atom is -0.480 e. The molecule has 1 aliphatic carbocycles. The van der Waals surface area contributed by atoms with Crippen LogP contribution in [0.15, 0.2) is 54.6 Å². The minimum absolute atomic E-state index is 0. The number of carboxylic acid groups (broad SMARTS) is 1. The summed E-state index contributed by atoms with van der Waals surface area (Å²) >= 11 is 0. The van der Waals surface area contributed by atoms with Gasteiger partial charge in [0.15, 0.2) is 0 Å². The van der Waals surface area contributed by atoms with Crippen molar-refractivity contribution in [1.82, 2.24) is 10.6 Å². The molecule has 2 amide bonds. The molecule has 3 rings (SSSR count). The summed E-state index contributed by atoms with van der Waals surface area (Å²) in [7, 11) is 1.60. The van der Waals surface area contributed by atoms with Crippen molar-refractivity contribution in [3.05, 3.63) is 65.7 Å². The maximum Gasteiger partial charge on any atom is 0.326 e. The Morgan fingerprint density at radius 3 is 2.09 bits per heavy atom. The number of hydrogen-bond donors (Lipinski definition) is 5. The van der Waals surface area contributed by atoms with Crippen LogP contribution in [-0.2, 0) is 16.0 Å². The van der Waals surface area contributed by atoms with Crippen LogP contribution in [0.25, 0.3) is 0 Å². The molecule has 7 N–H and O–H groups in total. The first-order valence-electron chi connectivity index (χ1n) is 11.2. The molecule has 0 aliphatic heterocycles. The van der Waals surface area contributed by atoms with Crippen LogP contribution in [0.5, 0.6) is 0 Å². The van der Waals surface area contributed by atoms with Crippen LogP contribution in [-0.4, -0.2) is 42.5 Å². The molecule has 1 fully saturated rings. The standard InChI is InChI=1S/C17H24N2O3.C8H10N2O.ClH/c18-11-13-6-8-14(9-7-13)16(20)19-15(17(21)22)10-12-4-2-1-3-5-12;1-10-8(11)6-2-4-7(9)5-3-6;/h1-5,13-15H,6-11,18H2,(H,19,20)(H,21,22);2-5H,9H2,1H3,(H,10,11);1H/t13?,14?,15-;;/m0../s1. The molecule has 1 aliphatic rings. The molecule has 1 atom stereocenters. The van der Waals surface area contributed by atoms with Crippen LogP contribution in [0.3, 0.4) is 0 Å². The first-order valence-corrected chi connectivity index (χ1v) is 11.2. The van der Waals surface area contributed by atoms with Gasteiger partial charge in [0.2, 0.25) is 5.91 Å². The van der Waals surface area contributed by atoms with Crippen LogP contribution >= 0.6 is 12.4 Å². The van der Waals surface area contributed by atoms with E-state index < -0.39 is 12.0 Å². The van der Waals surface area contributed by atoms with Gasteiger partial charge in [-0.1, -0.05) is 30.3 Å². The normalized spacial score (nSPS) is 17.7. The molecule has 0 unspecified atom stereocenters. The van der Waals surface area contributed by atoms with Gasteiger partial charge in [-0.25, -0.2) is 4.79 Å². The first-order chi connectivity index (χ1) is 15.8. The largest absolute Gasteiger partial charge is 0.480 e. The highest BCUT2D eigenvalue weighted by molar-refractivity contribution is 5.94. The van der Waals surface area contributed by atoms with Gasteiger partial charge in [0.1, 0.15) is 6.04 Å². The van der Waals surface area contributed by atoms with Crippen LogP contribution in [0.1, 0.15) is 41.6 Å². The fourth-order valence-electron chi connectivity index (χ4n) is 3.78. The van der Waals surface area contributed by atoms with E-state index in [-0.39, 0.29) is 30.1 Å². The van der Waals surface area contributed by atoms with E-state index in [2.05, 4.69) is 10.6 Å². The number of amides is 2. The Kier molecular flexibility index (Phi) is 12.7. The van der Waals surface area contributed by atoms with Crippen LogP contribution < -0.4 is 22.1 Å². The fraction of sp³-hybridized carbons (Fsp3) is 0.400. The number of carbonyl (C=O) groups is 3. The summed E-state index contributed by atoms with van der Waals surface area (Å²) < 4.78 is 0. The van der Waals surface area contributed by atoms with Gasteiger partial charge in [0, 0.05) is 30.6 Å². The van der Waals surface area contributed by atoms with Crippen molar-refractivity contribution in [3.63, 3.8) is 0 Å². The maximum atomic E-state index is 12.3. The van der Waals surface area contributed by atoms with Crippen molar-refractivity contribution in [2.24, 2.45) is 17.6 Å². The van der Waals surface area contributed by atoms with Crippen LogP contribution in [0.4, 0.5) is 5.69 Å². The number of anilines is 1. The number of nitrogen functional groups attached to an aromatic ring is 1. The Morgan fingerprint density at radius 1 is 1.00 bits per heavy atom. The Labute approximate surface area is 206 Å². The number of halogens is 1. The summed E-state index contributed by atoms with van der Waals surface area (Å²) in [6.07, 6.45) is 3.80. The molecule has 0 heterocycles. The summed E-state index contributed by atoms with van der Waals surface area (Å²) in [5.74, 6) is -0.805. The highest BCUT2D eigenvalue weighted by atomic mass is 35.5. The predicted octanol–water partition coefficient (Wildman–Crippen LogP) is 2.61. The van der Waals surface area contributed by atoms with Crippen LogP contribution in [0, 0.1) is 11.8 Å². The molecule has 0 bridgehead atoms. The molecule has 9 heteroatoms. The number of nitrogens with one attached hydrogen (secondary N) is 2. The number of aliphatic carboxylic acids is 1. The maximum absolute atomic E-state index is 12.3. The quantitative estimate of drug-likeness (QED) is 0.377. The fourth-order valence-corrected chi connectivity index (χ4v) is 3.78. The molecule has 2 aromatic carbocycles. The number of carboxylic acids is 1. The number of rotatable bonds is 7. The molecule has 186 valence electrons. The zero-order valence-corrected chi connectivity index (χ0v) is 20.2. The Hall–Kier alpha value is -3.10. The zero-order chi connectivity index (χ0) is 24.2. The Morgan fingerprint density at radius 2 is 1.59 bits per heavy atom. The first kappa shape index (κ1) is 28.9. The lowest BCUT2D eigenvalue weighted by Crippen LogP contribution is -2.45. The van der Waals surface area contributed by atoms with Crippen molar-refractivity contribution in [3.8, 4) is 0 Å². The molecule has 2 aromatic rings. The van der Waals surface area contributed by atoms with Crippen LogP contribution in [0.2, 0.25) is 0 Å². The third kappa shape index (κ3) is 9.41. The Bertz CT molecular complexity index is 901. The molecule has 8 nitrogen and oxygen atoms in total. The van der Waals surface area contributed by atoms with Gasteiger partial charge in [0.25, 0.3) is 5.91 Å². The third-order valence-electron chi connectivity index (χ3n) is 5.85. The van der Waals surface area contributed by atoms with Crippen molar-refractivity contribution >= 4 is 35.9 Å². The topological polar surface area (TPSA) is 148 Å². The summed E-state index contributed by atoms with van der Waals surface area (Å²) in [5, 5.41) is 14.5. The summed E-state index contributed by atoms with van der Waals surface area (Å²) in [4.78, 5) is 34.7. The lowest BCUT2D eigenvalue weighted by Gasteiger charge is -2.27. The van der Waals surface area contributed by atoms with Crippen molar-refractivity contribution in [2.75, 3.05) is 19.3 Å². The van der Waals surface area contributed by atoms with E-state index >= 15 is 0 Å². The smallest absolute Gasteiger partial charge is 0.326 e. The molecule has 0 radical (unpaired) electrons. The lowest BCUT2D eigenvalue weighted by atomic mass is 9.81. The average Bonchev–Trinajstić information content (AvgIpc) is 2.84. The van der Waals surface area contributed by atoms with Gasteiger partial charge in [-0.05, 0) is 68.0 Å². The molecule has 0 spiro atoms. The number of carbonyl (C=O) groups excluding carboxylic acids is 2. The van der Waals surface area contributed by atoms with Crippen molar-refractivity contribution in [1.29, 1.82) is 0 Å². The number of benzene rings is 2. The highest BCUT2D eigenvalue weighted by Crippen LogP contribution is 2.28. The van der Waals surface area contributed by atoms with Crippen molar-refractivity contribution < 1.29 is 19.5 Å².